The molecule has 0 spiro atoms. The third-order valence-corrected chi connectivity index (χ3v) is 6.94. The molecule has 0 unspecified atom stereocenters. The van der Waals surface area contributed by atoms with Gasteiger partial charge in [0, 0.05) is 44.6 Å². The summed E-state index contributed by atoms with van der Waals surface area (Å²) in [7, 11) is 1.66. The lowest BCUT2D eigenvalue weighted by Gasteiger charge is -2.38. The number of hydrogen-bond acceptors (Lipinski definition) is 6. The van der Waals surface area contributed by atoms with Crippen molar-refractivity contribution in [2.45, 2.75) is 38.0 Å². The lowest BCUT2D eigenvalue weighted by Crippen LogP contribution is -2.47. The predicted molar refractivity (Wildman–Crippen MR) is 137 cm³/mol. The molecule has 35 heavy (non-hydrogen) atoms. The molecule has 1 aliphatic heterocycles. The van der Waals surface area contributed by atoms with Crippen molar-refractivity contribution in [3.05, 3.63) is 70.7 Å². The van der Waals surface area contributed by atoms with Gasteiger partial charge in [-0.15, -0.1) is 0 Å². The lowest BCUT2D eigenvalue weighted by molar-refractivity contribution is -0.0537. The summed E-state index contributed by atoms with van der Waals surface area (Å²) in [4.78, 5) is 6.38. The second-order valence-electron chi connectivity index (χ2n) is 8.85. The third-order valence-electron chi connectivity index (χ3n) is 6.20. The number of aryl methyl sites for hydroxylation is 1. The van der Waals surface area contributed by atoms with Crippen LogP contribution >= 0.6 is 23.2 Å². The highest BCUT2D eigenvalue weighted by atomic mass is 35.5. The van der Waals surface area contributed by atoms with Crippen LogP contribution in [0.15, 0.2) is 55.1 Å². The molecule has 2 aromatic carbocycles. The zero-order valence-electron chi connectivity index (χ0n) is 19.8. The van der Waals surface area contributed by atoms with Gasteiger partial charge >= 0.3 is 0 Å². The van der Waals surface area contributed by atoms with Gasteiger partial charge < -0.3 is 23.9 Å². The molecular formula is C26H31Cl2N3O4. The number of nitrogens with zero attached hydrogens (tertiary/aromatic N) is 3. The molecule has 1 N–H and O–H groups in total. The minimum absolute atomic E-state index is 0.222. The van der Waals surface area contributed by atoms with Crippen LogP contribution in [-0.4, -0.2) is 58.6 Å². The molecule has 2 heterocycles. The molecule has 1 fully saturated rings. The zero-order chi connectivity index (χ0) is 24.7. The topological polar surface area (TPSA) is 69.0 Å². The summed E-state index contributed by atoms with van der Waals surface area (Å²) in [5.41, 5.74) is 0.277. The number of ether oxygens (including phenoxy) is 3. The number of benzene rings is 2. The van der Waals surface area contributed by atoms with E-state index in [0.29, 0.717) is 35.2 Å². The van der Waals surface area contributed by atoms with Crippen molar-refractivity contribution in [2.75, 3.05) is 33.4 Å². The molecule has 188 valence electrons. The first-order valence-electron chi connectivity index (χ1n) is 11.7. The average Bonchev–Trinajstić information content (AvgIpc) is 3.38. The van der Waals surface area contributed by atoms with Crippen LogP contribution in [0.3, 0.4) is 0 Å². The van der Waals surface area contributed by atoms with E-state index >= 15 is 0 Å². The Hall–Kier alpha value is -2.45. The van der Waals surface area contributed by atoms with Crippen molar-refractivity contribution < 1.29 is 19.3 Å². The quantitative estimate of drug-likeness (QED) is 0.356. The Kier molecular flexibility index (Phi) is 8.78. The molecule has 1 aromatic heterocycles. The molecule has 0 aliphatic carbocycles. The second kappa shape index (κ2) is 12.0. The molecule has 0 radical (unpaired) electrons. The fourth-order valence-corrected chi connectivity index (χ4v) is 4.38. The van der Waals surface area contributed by atoms with Crippen molar-refractivity contribution >= 4 is 23.2 Å². The number of rotatable bonds is 11. The Balaban J connectivity index is 1.23. The second-order valence-corrected chi connectivity index (χ2v) is 9.67. The van der Waals surface area contributed by atoms with Gasteiger partial charge in [-0.25, -0.2) is 4.98 Å². The molecule has 1 saturated heterocycles. The highest BCUT2D eigenvalue weighted by molar-refractivity contribution is 6.42. The van der Waals surface area contributed by atoms with Gasteiger partial charge in [0.1, 0.15) is 18.0 Å². The smallest absolute Gasteiger partial charge is 0.161 e. The Morgan fingerprint density at radius 3 is 2.57 bits per heavy atom. The predicted octanol–water partition coefficient (Wildman–Crippen LogP) is 5.07. The fraction of sp³-hybridized carbons (Fsp3) is 0.423. The van der Waals surface area contributed by atoms with E-state index in [0.717, 1.165) is 49.7 Å². The maximum absolute atomic E-state index is 11.0. The Labute approximate surface area is 216 Å². The van der Waals surface area contributed by atoms with Gasteiger partial charge in [-0.2, -0.15) is 0 Å². The first-order chi connectivity index (χ1) is 16.9. The molecule has 0 saturated carbocycles. The van der Waals surface area contributed by atoms with E-state index in [1.807, 2.05) is 22.9 Å². The number of likely N-dealkylation sites (tertiary alicyclic amines) is 1. The molecule has 0 atom stereocenters. The van der Waals surface area contributed by atoms with Crippen molar-refractivity contribution in [3.63, 3.8) is 0 Å². The number of imidazole rings is 1. The standard InChI is InChI=1S/C26H31Cl2N3O4/c1-33-25-15-20(3-6-24(25)34-14-2-10-31-13-9-29-19-31)17-30-11-7-26(32,8-12-30)18-35-21-4-5-22(27)23(28)16-21/h3-6,9,13,15-16,19,32H,2,7-8,10-12,14,17-18H2,1H3. The molecule has 4 rings (SSSR count). The highest BCUT2D eigenvalue weighted by Gasteiger charge is 2.33. The van der Waals surface area contributed by atoms with Gasteiger partial charge in [-0.1, -0.05) is 29.3 Å². The van der Waals surface area contributed by atoms with Gasteiger partial charge in [0.25, 0.3) is 0 Å². The third kappa shape index (κ3) is 7.27. The first-order valence-corrected chi connectivity index (χ1v) is 12.5. The molecule has 7 nitrogen and oxygen atoms in total. The maximum atomic E-state index is 11.0. The van der Waals surface area contributed by atoms with Gasteiger partial charge in [0.2, 0.25) is 0 Å². The van der Waals surface area contributed by atoms with Crippen LogP contribution in [-0.2, 0) is 13.1 Å². The minimum atomic E-state index is -0.866. The largest absolute Gasteiger partial charge is 0.493 e. The molecule has 1 aliphatic rings. The van der Waals surface area contributed by atoms with Crippen LogP contribution in [0.5, 0.6) is 17.2 Å². The van der Waals surface area contributed by atoms with Crippen LogP contribution in [0.2, 0.25) is 10.0 Å². The fourth-order valence-electron chi connectivity index (χ4n) is 4.09. The lowest BCUT2D eigenvalue weighted by atomic mass is 9.92. The molecular weight excluding hydrogens is 489 g/mol. The van der Waals surface area contributed by atoms with E-state index in [4.69, 9.17) is 37.4 Å². The first kappa shape index (κ1) is 25.6. The number of aliphatic hydroxyl groups is 1. The number of piperidine rings is 1. The Bertz CT molecular complexity index is 1090. The van der Waals surface area contributed by atoms with E-state index in [-0.39, 0.29) is 6.61 Å². The van der Waals surface area contributed by atoms with Crippen molar-refractivity contribution in [1.29, 1.82) is 0 Å². The van der Waals surface area contributed by atoms with Crippen LogP contribution in [0.1, 0.15) is 24.8 Å². The summed E-state index contributed by atoms with van der Waals surface area (Å²) in [5.74, 6) is 2.08. The maximum Gasteiger partial charge on any atom is 0.161 e. The molecule has 0 bridgehead atoms. The van der Waals surface area contributed by atoms with E-state index in [1.165, 1.54) is 0 Å². The van der Waals surface area contributed by atoms with Gasteiger partial charge in [0.15, 0.2) is 11.5 Å². The summed E-state index contributed by atoms with van der Waals surface area (Å²) in [6.45, 7) is 4.01. The summed E-state index contributed by atoms with van der Waals surface area (Å²) in [6, 6.07) is 11.2. The SMILES string of the molecule is COc1cc(CN2CCC(O)(COc3ccc(Cl)c(Cl)c3)CC2)ccc1OCCCn1ccnc1. The Morgan fingerprint density at radius 2 is 1.86 bits per heavy atom. The van der Waals surface area contributed by atoms with Crippen LogP contribution in [0.25, 0.3) is 0 Å². The van der Waals surface area contributed by atoms with E-state index in [2.05, 4.69) is 16.0 Å². The van der Waals surface area contributed by atoms with Gasteiger partial charge in [-0.05, 0) is 49.1 Å². The molecule has 0 amide bonds. The Morgan fingerprint density at radius 1 is 1.03 bits per heavy atom. The van der Waals surface area contributed by atoms with E-state index < -0.39 is 5.60 Å². The number of methoxy groups -OCH3 is 1. The van der Waals surface area contributed by atoms with Crippen molar-refractivity contribution in [1.82, 2.24) is 14.5 Å². The highest BCUT2D eigenvalue weighted by Crippen LogP contribution is 2.31. The summed E-state index contributed by atoms with van der Waals surface area (Å²) in [6.07, 6.45) is 7.66. The van der Waals surface area contributed by atoms with Gasteiger partial charge in [-0.3, -0.25) is 4.90 Å². The molecule has 9 heteroatoms. The minimum Gasteiger partial charge on any atom is -0.493 e. The molecule has 3 aromatic rings. The summed E-state index contributed by atoms with van der Waals surface area (Å²) >= 11 is 12.0. The van der Waals surface area contributed by atoms with E-state index in [9.17, 15) is 5.11 Å². The van der Waals surface area contributed by atoms with Crippen LogP contribution < -0.4 is 14.2 Å². The number of halogens is 2. The normalized spacial score (nSPS) is 15.7. The van der Waals surface area contributed by atoms with E-state index in [1.54, 1.807) is 37.8 Å². The van der Waals surface area contributed by atoms with Crippen molar-refractivity contribution in [2.24, 2.45) is 0 Å². The average molecular weight is 520 g/mol. The summed E-state index contributed by atoms with van der Waals surface area (Å²) < 4.78 is 19.3. The monoisotopic (exact) mass is 519 g/mol. The number of aromatic nitrogens is 2. The number of hydrogen-bond donors (Lipinski definition) is 1. The van der Waals surface area contributed by atoms with Crippen LogP contribution in [0.4, 0.5) is 0 Å². The van der Waals surface area contributed by atoms with Crippen LogP contribution in [0, 0.1) is 0 Å². The van der Waals surface area contributed by atoms with Crippen molar-refractivity contribution in [3.8, 4) is 17.2 Å². The van der Waals surface area contributed by atoms with Gasteiger partial charge in [0.05, 0.1) is 30.1 Å². The zero-order valence-corrected chi connectivity index (χ0v) is 21.3. The summed E-state index contributed by atoms with van der Waals surface area (Å²) in [5, 5.41) is 11.9.